The molecule has 1 N–H and O–H groups in total. The summed E-state index contributed by atoms with van der Waals surface area (Å²) in [6, 6.07) is 3.91. The minimum atomic E-state index is 0.0351. The van der Waals surface area contributed by atoms with Crippen molar-refractivity contribution in [2.24, 2.45) is 0 Å². The molecule has 0 bridgehead atoms. The van der Waals surface area contributed by atoms with E-state index in [4.69, 9.17) is 0 Å². The monoisotopic (exact) mass is 315 g/mol. The van der Waals surface area contributed by atoms with Crippen LogP contribution >= 0.6 is 11.3 Å². The number of nitrogens with zero attached hydrogens (tertiary/aromatic N) is 2. The average molecular weight is 315 g/mol. The number of hydrogen-bond acceptors (Lipinski definition) is 4. The summed E-state index contributed by atoms with van der Waals surface area (Å²) >= 11 is 1.73. The summed E-state index contributed by atoms with van der Waals surface area (Å²) in [6.07, 6.45) is 6.38. The fourth-order valence-electron chi connectivity index (χ4n) is 2.93. The second kappa shape index (κ2) is 6.48. The third kappa shape index (κ3) is 2.99. The maximum absolute atomic E-state index is 12.5. The number of nitrogens with one attached hydrogen (secondary N) is 1. The second-order valence-corrected chi connectivity index (χ2v) is 6.79. The molecule has 0 spiro atoms. The Hall–Kier alpha value is -1.88. The highest BCUT2D eigenvalue weighted by Gasteiger charge is 2.20. The third-order valence-corrected chi connectivity index (χ3v) is 5.13. The zero-order valence-corrected chi connectivity index (χ0v) is 13.9. The van der Waals surface area contributed by atoms with E-state index in [-0.39, 0.29) is 5.91 Å². The fourth-order valence-corrected chi connectivity index (χ4v) is 4.05. The van der Waals surface area contributed by atoms with Crippen LogP contribution in [-0.4, -0.2) is 25.0 Å². The van der Waals surface area contributed by atoms with Crippen LogP contribution in [0.4, 0.5) is 5.82 Å². The van der Waals surface area contributed by atoms with Gasteiger partial charge in [0.25, 0.3) is 5.91 Å². The number of hydrogen-bond donors (Lipinski definition) is 1. The first-order valence-electron chi connectivity index (χ1n) is 7.65. The number of aromatic nitrogens is 1. The van der Waals surface area contributed by atoms with Gasteiger partial charge in [0, 0.05) is 42.7 Å². The van der Waals surface area contributed by atoms with Crippen LogP contribution in [0, 0.1) is 0 Å². The molecular weight excluding hydrogens is 294 g/mol. The van der Waals surface area contributed by atoms with Crippen molar-refractivity contribution >= 4 is 23.1 Å². The lowest BCUT2D eigenvalue weighted by molar-refractivity contribution is 0.0950. The predicted octanol–water partition coefficient (Wildman–Crippen LogP) is 3.02. The second-order valence-electron chi connectivity index (χ2n) is 5.82. The van der Waals surface area contributed by atoms with E-state index in [0.29, 0.717) is 6.54 Å². The molecule has 1 aliphatic carbocycles. The Bertz CT molecular complexity index is 678. The number of thiophene rings is 1. The molecule has 3 rings (SSSR count). The highest BCUT2D eigenvalue weighted by Crippen LogP contribution is 2.30. The zero-order chi connectivity index (χ0) is 15.5. The SMILES string of the molecule is CN(C)c1ncccc1CNC(=O)c1csc2c1CCCC2. The Morgan fingerprint density at radius 1 is 1.36 bits per heavy atom. The van der Waals surface area contributed by atoms with Gasteiger partial charge in [-0.1, -0.05) is 6.07 Å². The van der Waals surface area contributed by atoms with Crippen molar-refractivity contribution in [2.75, 3.05) is 19.0 Å². The minimum absolute atomic E-state index is 0.0351. The Kier molecular flexibility index (Phi) is 4.43. The molecular formula is C17H21N3OS. The average Bonchev–Trinajstić information content (AvgIpc) is 2.97. The summed E-state index contributed by atoms with van der Waals surface area (Å²) < 4.78 is 0. The number of rotatable bonds is 4. The maximum atomic E-state index is 12.5. The summed E-state index contributed by atoms with van der Waals surface area (Å²) in [7, 11) is 3.92. The van der Waals surface area contributed by atoms with Crippen LogP contribution in [0.15, 0.2) is 23.7 Å². The largest absolute Gasteiger partial charge is 0.362 e. The Balaban J connectivity index is 1.72. The van der Waals surface area contributed by atoms with Gasteiger partial charge >= 0.3 is 0 Å². The smallest absolute Gasteiger partial charge is 0.252 e. The highest BCUT2D eigenvalue weighted by molar-refractivity contribution is 7.10. The van der Waals surface area contributed by atoms with Crippen molar-refractivity contribution in [3.05, 3.63) is 45.3 Å². The van der Waals surface area contributed by atoms with Crippen molar-refractivity contribution in [1.29, 1.82) is 0 Å². The number of amides is 1. The lowest BCUT2D eigenvalue weighted by Crippen LogP contribution is -2.25. The fraction of sp³-hybridized carbons (Fsp3) is 0.412. The van der Waals surface area contributed by atoms with Crippen molar-refractivity contribution in [1.82, 2.24) is 10.3 Å². The molecule has 2 aromatic rings. The number of fused-ring (bicyclic) bond motifs is 1. The molecule has 2 aromatic heterocycles. The molecule has 0 saturated heterocycles. The van der Waals surface area contributed by atoms with E-state index in [1.807, 2.05) is 36.5 Å². The van der Waals surface area contributed by atoms with Crippen molar-refractivity contribution in [3.8, 4) is 0 Å². The van der Waals surface area contributed by atoms with E-state index in [1.165, 1.54) is 23.3 Å². The molecule has 0 radical (unpaired) electrons. The lowest BCUT2D eigenvalue weighted by atomic mass is 9.95. The van der Waals surface area contributed by atoms with E-state index in [9.17, 15) is 4.79 Å². The minimum Gasteiger partial charge on any atom is -0.362 e. The van der Waals surface area contributed by atoms with Gasteiger partial charge in [-0.15, -0.1) is 11.3 Å². The summed E-state index contributed by atoms with van der Waals surface area (Å²) in [5.74, 6) is 0.933. The van der Waals surface area contributed by atoms with E-state index >= 15 is 0 Å². The first kappa shape index (κ1) is 15.0. The van der Waals surface area contributed by atoms with Gasteiger partial charge in [0.15, 0.2) is 0 Å². The molecule has 5 heteroatoms. The molecule has 2 heterocycles. The maximum Gasteiger partial charge on any atom is 0.252 e. The van der Waals surface area contributed by atoms with Gasteiger partial charge in [0.1, 0.15) is 5.82 Å². The van der Waals surface area contributed by atoms with Crippen molar-refractivity contribution < 1.29 is 4.79 Å². The van der Waals surface area contributed by atoms with Crippen LogP contribution in [-0.2, 0) is 19.4 Å². The molecule has 0 aliphatic heterocycles. The molecule has 4 nitrogen and oxygen atoms in total. The molecule has 0 unspecified atom stereocenters. The van der Waals surface area contributed by atoms with Gasteiger partial charge < -0.3 is 10.2 Å². The molecule has 0 aromatic carbocycles. The summed E-state index contributed by atoms with van der Waals surface area (Å²) in [6.45, 7) is 0.505. The van der Waals surface area contributed by atoms with Gasteiger partial charge in [0.05, 0.1) is 5.56 Å². The molecule has 116 valence electrons. The van der Waals surface area contributed by atoms with Crippen LogP contribution < -0.4 is 10.2 Å². The van der Waals surface area contributed by atoms with Gasteiger partial charge in [0.2, 0.25) is 0 Å². The topological polar surface area (TPSA) is 45.2 Å². The first-order valence-corrected chi connectivity index (χ1v) is 8.53. The van der Waals surface area contributed by atoms with Crippen LogP contribution in [0.3, 0.4) is 0 Å². The Morgan fingerprint density at radius 3 is 3.00 bits per heavy atom. The lowest BCUT2D eigenvalue weighted by Gasteiger charge is -2.16. The third-order valence-electron chi connectivity index (χ3n) is 4.04. The van der Waals surface area contributed by atoms with Crippen LogP contribution in [0.1, 0.15) is 39.2 Å². The summed E-state index contributed by atoms with van der Waals surface area (Å²) in [5, 5.41) is 5.06. The summed E-state index contributed by atoms with van der Waals surface area (Å²) in [5.41, 5.74) is 3.17. The normalized spacial score (nSPS) is 13.5. The van der Waals surface area contributed by atoms with Crippen molar-refractivity contribution in [3.63, 3.8) is 0 Å². The van der Waals surface area contributed by atoms with Crippen LogP contribution in [0.2, 0.25) is 0 Å². The van der Waals surface area contributed by atoms with Gasteiger partial charge in [-0.2, -0.15) is 0 Å². The molecule has 0 saturated carbocycles. The van der Waals surface area contributed by atoms with Gasteiger partial charge in [-0.05, 0) is 37.3 Å². The van der Waals surface area contributed by atoms with E-state index in [2.05, 4.69) is 10.3 Å². The molecule has 1 amide bonds. The van der Waals surface area contributed by atoms with Crippen LogP contribution in [0.5, 0.6) is 0 Å². The Morgan fingerprint density at radius 2 is 2.18 bits per heavy atom. The number of carbonyl (C=O) groups is 1. The highest BCUT2D eigenvalue weighted by atomic mass is 32.1. The number of pyridine rings is 1. The molecule has 22 heavy (non-hydrogen) atoms. The quantitative estimate of drug-likeness (QED) is 0.943. The molecule has 0 atom stereocenters. The molecule has 0 fully saturated rings. The molecule has 1 aliphatic rings. The van der Waals surface area contributed by atoms with E-state index < -0.39 is 0 Å². The zero-order valence-electron chi connectivity index (χ0n) is 13.1. The summed E-state index contributed by atoms with van der Waals surface area (Å²) in [4.78, 5) is 20.2. The van der Waals surface area contributed by atoms with Gasteiger partial charge in [-0.25, -0.2) is 4.98 Å². The van der Waals surface area contributed by atoms with E-state index in [0.717, 1.165) is 29.8 Å². The predicted molar refractivity (Wildman–Crippen MR) is 90.7 cm³/mol. The van der Waals surface area contributed by atoms with Gasteiger partial charge in [-0.3, -0.25) is 4.79 Å². The first-order chi connectivity index (χ1) is 10.7. The standard InChI is InChI=1S/C17H21N3OS/c1-20(2)16-12(6-5-9-18-16)10-19-17(21)14-11-22-15-8-4-3-7-13(14)15/h5-6,9,11H,3-4,7-8,10H2,1-2H3,(H,19,21). The number of carbonyl (C=O) groups excluding carboxylic acids is 1. The number of anilines is 1. The Labute approximate surface area is 135 Å². The van der Waals surface area contributed by atoms with Crippen LogP contribution in [0.25, 0.3) is 0 Å². The number of aryl methyl sites for hydroxylation is 1. The van der Waals surface area contributed by atoms with E-state index in [1.54, 1.807) is 17.5 Å². The van der Waals surface area contributed by atoms with Crippen molar-refractivity contribution in [2.45, 2.75) is 32.2 Å².